The maximum absolute atomic E-state index is 12.1. The van der Waals surface area contributed by atoms with E-state index in [0.29, 0.717) is 6.42 Å². The normalized spacial score (nSPS) is 17.6. The number of hydrogen-bond acceptors (Lipinski definition) is 3. The quantitative estimate of drug-likeness (QED) is 0.733. The molecule has 4 heteroatoms. The molecule has 4 N–H and O–H groups in total. The summed E-state index contributed by atoms with van der Waals surface area (Å²) in [7, 11) is 0. The highest BCUT2D eigenvalue weighted by atomic mass is 16.3. The predicted molar refractivity (Wildman–Crippen MR) is 71.9 cm³/mol. The summed E-state index contributed by atoms with van der Waals surface area (Å²) >= 11 is 0. The van der Waals surface area contributed by atoms with Gasteiger partial charge >= 0.3 is 0 Å². The van der Waals surface area contributed by atoms with Crippen LogP contribution in [-0.2, 0) is 10.3 Å². The molecule has 2 atom stereocenters. The van der Waals surface area contributed by atoms with Crippen molar-refractivity contribution in [3.63, 3.8) is 0 Å². The van der Waals surface area contributed by atoms with E-state index < -0.39 is 11.1 Å². The van der Waals surface area contributed by atoms with Crippen LogP contribution in [0.4, 0.5) is 0 Å². The lowest BCUT2D eigenvalue weighted by Crippen LogP contribution is -2.57. The molecule has 0 saturated carbocycles. The van der Waals surface area contributed by atoms with Gasteiger partial charge in [-0.15, -0.1) is 0 Å². The van der Waals surface area contributed by atoms with E-state index in [4.69, 9.17) is 5.73 Å². The molecule has 0 heterocycles. The van der Waals surface area contributed by atoms with Gasteiger partial charge in [-0.05, 0) is 25.8 Å². The molecule has 1 amide bonds. The molecular formula is C14H22N2O2. The minimum absolute atomic E-state index is 0.178. The number of rotatable bonds is 5. The summed E-state index contributed by atoms with van der Waals surface area (Å²) in [6.45, 7) is 5.15. The van der Waals surface area contributed by atoms with Gasteiger partial charge in [-0.25, -0.2) is 0 Å². The molecule has 18 heavy (non-hydrogen) atoms. The van der Waals surface area contributed by atoms with Crippen LogP contribution in [0.5, 0.6) is 0 Å². The third-order valence-corrected chi connectivity index (χ3v) is 3.37. The molecule has 2 unspecified atom stereocenters. The Morgan fingerprint density at radius 3 is 2.33 bits per heavy atom. The smallest absolute Gasteiger partial charge is 0.240 e. The average Bonchev–Trinajstić information content (AvgIpc) is 2.39. The van der Waals surface area contributed by atoms with Crippen molar-refractivity contribution >= 4 is 5.91 Å². The van der Waals surface area contributed by atoms with Gasteiger partial charge in [0.2, 0.25) is 5.91 Å². The zero-order valence-corrected chi connectivity index (χ0v) is 11.2. The van der Waals surface area contributed by atoms with Crippen molar-refractivity contribution in [3.8, 4) is 0 Å². The Morgan fingerprint density at radius 2 is 1.89 bits per heavy atom. The highest BCUT2D eigenvalue weighted by molar-refractivity contribution is 5.86. The van der Waals surface area contributed by atoms with Crippen molar-refractivity contribution in [1.82, 2.24) is 5.32 Å². The zero-order valence-electron chi connectivity index (χ0n) is 11.2. The average molecular weight is 250 g/mol. The Bertz CT molecular complexity index is 404. The second kappa shape index (κ2) is 5.50. The molecule has 0 fully saturated rings. The van der Waals surface area contributed by atoms with Gasteiger partial charge in [-0.2, -0.15) is 0 Å². The van der Waals surface area contributed by atoms with Gasteiger partial charge in [-0.3, -0.25) is 4.79 Å². The first-order valence-electron chi connectivity index (χ1n) is 6.13. The fourth-order valence-corrected chi connectivity index (χ4v) is 1.56. The van der Waals surface area contributed by atoms with E-state index in [1.54, 1.807) is 13.8 Å². The van der Waals surface area contributed by atoms with Crippen molar-refractivity contribution in [3.05, 3.63) is 35.9 Å². The third kappa shape index (κ3) is 3.09. The number of nitrogens with two attached hydrogens (primary N) is 1. The summed E-state index contributed by atoms with van der Waals surface area (Å²) in [5.74, 6) is -0.259. The molecule has 0 aliphatic rings. The summed E-state index contributed by atoms with van der Waals surface area (Å²) in [6, 6.07) is 9.38. The van der Waals surface area contributed by atoms with Crippen LogP contribution in [0, 0.1) is 0 Å². The Morgan fingerprint density at radius 1 is 1.33 bits per heavy atom. The number of carbonyl (C=O) groups is 1. The molecule has 0 spiro atoms. The summed E-state index contributed by atoms with van der Waals surface area (Å²) in [4.78, 5) is 12.1. The first-order chi connectivity index (χ1) is 8.35. The van der Waals surface area contributed by atoms with E-state index in [-0.39, 0.29) is 12.5 Å². The van der Waals surface area contributed by atoms with Crippen molar-refractivity contribution in [1.29, 1.82) is 0 Å². The first-order valence-corrected chi connectivity index (χ1v) is 6.13. The number of carbonyl (C=O) groups excluding carboxylic acids is 1. The lowest BCUT2D eigenvalue weighted by atomic mass is 9.90. The van der Waals surface area contributed by atoms with Crippen molar-refractivity contribution in [2.75, 3.05) is 6.61 Å². The maximum atomic E-state index is 12.1. The van der Waals surface area contributed by atoms with Crippen LogP contribution < -0.4 is 11.1 Å². The van der Waals surface area contributed by atoms with Crippen LogP contribution >= 0.6 is 0 Å². The molecule has 0 radical (unpaired) electrons. The monoisotopic (exact) mass is 250 g/mol. The van der Waals surface area contributed by atoms with Crippen LogP contribution in [0.25, 0.3) is 0 Å². The van der Waals surface area contributed by atoms with Crippen molar-refractivity contribution < 1.29 is 9.90 Å². The van der Waals surface area contributed by atoms with Crippen molar-refractivity contribution in [2.24, 2.45) is 5.73 Å². The van der Waals surface area contributed by atoms with Gasteiger partial charge in [0.25, 0.3) is 0 Å². The predicted octanol–water partition coefficient (Wildman–Crippen LogP) is 1.14. The molecule has 1 rings (SSSR count). The second-order valence-corrected chi connectivity index (χ2v) is 5.08. The summed E-state index contributed by atoms with van der Waals surface area (Å²) < 4.78 is 0. The van der Waals surface area contributed by atoms with Gasteiger partial charge in [0, 0.05) is 0 Å². The summed E-state index contributed by atoms with van der Waals surface area (Å²) in [6.07, 6.45) is 0.537. The first kappa shape index (κ1) is 14.7. The van der Waals surface area contributed by atoms with Crippen molar-refractivity contribution in [2.45, 2.75) is 38.3 Å². The number of aliphatic hydroxyl groups excluding tert-OH is 1. The highest BCUT2D eigenvalue weighted by Gasteiger charge is 2.34. The van der Waals surface area contributed by atoms with E-state index in [1.807, 2.05) is 37.3 Å². The van der Waals surface area contributed by atoms with Gasteiger partial charge < -0.3 is 16.2 Å². The third-order valence-electron chi connectivity index (χ3n) is 3.37. The number of nitrogens with one attached hydrogen (secondary N) is 1. The molecule has 100 valence electrons. The molecule has 1 aromatic carbocycles. The highest BCUT2D eigenvalue weighted by Crippen LogP contribution is 2.21. The Labute approximate surface area is 108 Å². The van der Waals surface area contributed by atoms with E-state index in [9.17, 15) is 9.90 Å². The van der Waals surface area contributed by atoms with Gasteiger partial charge in [0.1, 0.15) is 0 Å². The SMILES string of the molecule is CCC(C)(N)C(=O)NC(C)(CO)c1ccccc1. The number of aliphatic hydroxyl groups is 1. The number of amides is 1. The Hall–Kier alpha value is -1.39. The molecule has 0 saturated heterocycles. The Balaban J connectivity index is 2.95. The van der Waals surface area contributed by atoms with Gasteiger partial charge in [-0.1, -0.05) is 37.3 Å². The minimum Gasteiger partial charge on any atom is -0.394 e. The van der Waals surface area contributed by atoms with E-state index >= 15 is 0 Å². The molecule has 4 nitrogen and oxygen atoms in total. The van der Waals surface area contributed by atoms with Crippen LogP contribution in [0.2, 0.25) is 0 Å². The van der Waals surface area contributed by atoms with Crippen LogP contribution in [-0.4, -0.2) is 23.2 Å². The molecule has 0 aliphatic carbocycles. The van der Waals surface area contributed by atoms with Gasteiger partial charge in [0.15, 0.2) is 0 Å². The number of benzene rings is 1. The molecular weight excluding hydrogens is 228 g/mol. The lowest BCUT2D eigenvalue weighted by molar-refractivity contribution is -0.128. The van der Waals surface area contributed by atoms with Crippen LogP contribution in [0.3, 0.4) is 0 Å². The van der Waals surface area contributed by atoms with E-state index in [1.165, 1.54) is 0 Å². The molecule has 1 aromatic rings. The fraction of sp³-hybridized carbons (Fsp3) is 0.500. The molecule has 0 aliphatic heterocycles. The largest absolute Gasteiger partial charge is 0.394 e. The standard InChI is InChI=1S/C14H22N2O2/c1-4-13(2,15)12(18)16-14(3,10-17)11-8-6-5-7-9-11/h5-9,17H,4,10,15H2,1-3H3,(H,16,18). The van der Waals surface area contributed by atoms with Crippen LogP contribution in [0.1, 0.15) is 32.8 Å². The second-order valence-electron chi connectivity index (χ2n) is 5.08. The zero-order chi connectivity index (χ0) is 13.8. The van der Waals surface area contributed by atoms with E-state index in [0.717, 1.165) is 5.56 Å². The van der Waals surface area contributed by atoms with E-state index in [2.05, 4.69) is 5.32 Å². The lowest BCUT2D eigenvalue weighted by Gasteiger charge is -2.33. The summed E-state index contributed by atoms with van der Waals surface area (Å²) in [5, 5.41) is 12.4. The summed E-state index contributed by atoms with van der Waals surface area (Å²) in [5.41, 5.74) is 5.02. The van der Waals surface area contributed by atoms with Gasteiger partial charge in [0.05, 0.1) is 17.7 Å². The topological polar surface area (TPSA) is 75.4 Å². The van der Waals surface area contributed by atoms with Crippen LogP contribution in [0.15, 0.2) is 30.3 Å². The number of hydrogen-bond donors (Lipinski definition) is 3. The minimum atomic E-state index is -0.925. The Kier molecular flexibility index (Phi) is 4.48. The maximum Gasteiger partial charge on any atom is 0.240 e. The molecule has 0 aromatic heterocycles. The fourth-order valence-electron chi connectivity index (χ4n) is 1.56. The molecule has 0 bridgehead atoms.